The average Bonchev–Trinajstić information content (AvgIpc) is 3.23. The Kier molecular flexibility index (Phi) is 3.54. The van der Waals surface area contributed by atoms with E-state index in [1.807, 2.05) is 11.1 Å². The van der Waals surface area contributed by atoms with E-state index in [1.165, 1.54) is 17.5 Å². The molecule has 2 aliphatic rings. The summed E-state index contributed by atoms with van der Waals surface area (Å²) >= 11 is 3.35. The summed E-state index contributed by atoms with van der Waals surface area (Å²) in [6.07, 6.45) is 5.35. The third-order valence-electron chi connectivity index (χ3n) is 4.50. The van der Waals surface area contributed by atoms with Crippen molar-refractivity contribution in [2.24, 2.45) is 0 Å². The Balaban J connectivity index is 1.44. The van der Waals surface area contributed by atoms with Crippen molar-refractivity contribution in [2.75, 3.05) is 13.1 Å². The summed E-state index contributed by atoms with van der Waals surface area (Å²) in [4.78, 5) is 14.3. The summed E-state index contributed by atoms with van der Waals surface area (Å²) in [5, 5.41) is 7.90. The lowest BCUT2D eigenvalue weighted by atomic mass is 10.0. The molecule has 1 fully saturated rings. The fourth-order valence-electron chi connectivity index (χ4n) is 3.30. The van der Waals surface area contributed by atoms with E-state index in [1.54, 1.807) is 6.07 Å². The van der Waals surface area contributed by atoms with E-state index < -0.39 is 0 Å². The number of hydrogen-bond acceptors (Lipinski definition) is 4. The van der Waals surface area contributed by atoms with Crippen LogP contribution in [0.25, 0.3) is 0 Å². The van der Waals surface area contributed by atoms with E-state index in [2.05, 4.69) is 31.0 Å². The second-order valence-corrected chi connectivity index (χ2v) is 6.64. The summed E-state index contributed by atoms with van der Waals surface area (Å²) in [6, 6.07) is 2.13. The van der Waals surface area contributed by atoms with E-state index >= 15 is 0 Å². The van der Waals surface area contributed by atoms with Crippen LogP contribution in [0.1, 0.15) is 40.7 Å². The van der Waals surface area contributed by atoms with Crippen LogP contribution in [-0.4, -0.2) is 33.7 Å². The van der Waals surface area contributed by atoms with Crippen molar-refractivity contribution in [1.82, 2.24) is 20.0 Å². The van der Waals surface area contributed by atoms with Crippen molar-refractivity contribution in [3.05, 3.63) is 40.0 Å². The topological polar surface area (TPSA) is 63.3 Å². The standard InChI is InChI=1S/C15H17BrN4O2/c16-12-3-6-22-14(12)15(21)19-4-1-11(2-5-19)20-13-9-17-7-10(13)8-18-20/h3,6,8,11,17H,1-2,4-5,7,9H2. The zero-order chi connectivity index (χ0) is 15.1. The highest BCUT2D eigenvalue weighted by Crippen LogP contribution is 2.28. The smallest absolute Gasteiger partial charge is 0.290 e. The molecule has 0 bridgehead atoms. The molecule has 2 aromatic heterocycles. The maximum absolute atomic E-state index is 12.4. The molecule has 0 aromatic carbocycles. The highest BCUT2D eigenvalue weighted by atomic mass is 79.9. The Morgan fingerprint density at radius 1 is 1.36 bits per heavy atom. The summed E-state index contributed by atoms with van der Waals surface area (Å²) < 4.78 is 8.15. The van der Waals surface area contributed by atoms with Crippen LogP contribution in [0.4, 0.5) is 0 Å². The molecule has 6 nitrogen and oxygen atoms in total. The normalized spacial score (nSPS) is 18.7. The quantitative estimate of drug-likeness (QED) is 0.887. The number of furan rings is 1. The van der Waals surface area contributed by atoms with Crippen LogP contribution in [0.15, 0.2) is 27.4 Å². The molecular formula is C15H17BrN4O2. The zero-order valence-corrected chi connectivity index (χ0v) is 13.7. The molecule has 0 atom stereocenters. The first-order valence-corrected chi connectivity index (χ1v) is 8.31. The van der Waals surface area contributed by atoms with Crippen LogP contribution in [0.3, 0.4) is 0 Å². The molecule has 2 aromatic rings. The van der Waals surface area contributed by atoms with E-state index in [0.29, 0.717) is 11.8 Å². The van der Waals surface area contributed by atoms with Gasteiger partial charge in [0.05, 0.1) is 28.7 Å². The van der Waals surface area contributed by atoms with Gasteiger partial charge in [-0.3, -0.25) is 9.48 Å². The Bertz CT molecular complexity index is 700. The molecule has 0 saturated carbocycles. The molecule has 0 spiro atoms. The lowest BCUT2D eigenvalue weighted by Gasteiger charge is -2.32. The van der Waals surface area contributed by atoms with Crippen molar-refractivity contribution in [1.29, 1.82) is 0 Å². The van der Waals surface area contributed by atoms with E-state index in [-0.39, 0.29) is 5.91 Å². The highest BCUT2D eigenvalue weighted by Gasteiger charge is 2.29. The number of likely N-dealkylation sites (tertiary alicyclic amines) is 1. The number of rotatable bonds is 2. The minimum Gasteiger partial charge on any atom is -0.458 e. The lowest BCUT2D eigenvalue weighted by Crippen LogP contribution is -2.39. The Morgan fingerprint density at radius 3 is 2.91 bits per heavy atom. The summed E-state index contributed by atoms with van der Waals surface area (Å²) in [6.45, 7) is 3.28. The molecule has 1 amide bonds. The van der Waals surface area contributed by atoms with Gasteiger partial charge in [-0.15, -0.1) is 0 Å². The number of carbonyl (C=O) groups excluding carboxylic acids is 1. The van der Waals surface area contributed by atoms with Gasteiger partial charge in [0.15, 0.2) is 0 Å². The fourth-order valence-corrected chi connectivity index (χ4v) is 3.67. The molecule has 2 aliphatic heterocycles. The SMILES string of the molecule is O=C(c1occc1Br)N1CCC(n2ncc3c2CNC3)CC1. The average molecular weight is 365 g/mol. The number of piperidine rings is 1. The van der Waals surface area contributed by atoms with Crippen LogP contribution in [0, 0.1) is 0 Å². The third kappa shape index (κ3) is 2.28. The second kappa shape index (κ2) is 5.55. The Morgan fingerprint density at radius 2 is 2.18 bits per heavy atom. The maximum Gasteiger partial charge on any atom is 0.290 e. The van der Waals surface area contributed by atoms with Gasteiger partial charge in [0.1, 0.15) is 0 Å². The van der Waals surface area contributed by atoms with Crippen molar-refractivity contribution in [3.63, 3.8) is 0 Å². The Hall–Kier alpha value is -1.60. The minimum absolute atomic E-state index is 0.0392. The molecule has 4 rings (SSSR count). The first kappa shape index (κ1) is 14.0. The van der Waals surface area contributed by atoms with Crippen LogP contribution >= 0.6 is 15.9 Å². The van der Waals surface area contributed by atoms with E-state index in [9.17, 15) is 4.79 Å². The van der Waals surface area contributed by atoms with Crippen molar-refractivity contribution in [2.45, 2.75) is 32.0 Å². The highest BCUT2D eigenvalue weighted by molar-refractivity contribution is 9.10. The lowest BCUT2D eigenvalue weighted by molar-refractivity contribution is 0.0655. The molecule has 4 heterocycles. The molecule has 22 heavy (non-hydrogen) atoms. The Labute approximate surface area is 136 Å². The summed E-state index contributed by atoms with van der Waals surface area (Å²) in [5.41, 5.74) is 2.61. The molecular weight excluding hydrogens is 348 g/mol. The van der Waals surface area contributed by atoms with Gasteiger partial charge in [-0.2, -0.15) is 5.10 Å². The van der Waals surface area contributed by atoms with Crippen molar-refractivity contribution >= 4 is 21.8 Å². The molecule has 0 unspecified atom stereocenters. The van der Waals surface area contributed by atoms with Gasteiger partial charge in [-0.25, -0.2) is 0 Å². The van der Waals surface area contributed by atoms with Crippen LogP contribution in [0.5, 0.6) is 0 Å². The number of halogens is 1. The molecule has 0 aliphatic carbocycles. The number of amides is 1. The van der Waals surface area contributed by atoms with Crippen molar-refractivity contribution < 1.29 is 9.21 Å². The number of fused-ring (bicyclic) bond motifs is 1. The largest absolute Gasteiger partial charge is 0.458 e. The monoisotopic (exact) mass is 364 g/mol. The van der Waals surface area contributed by atoms with Crippen molar-refractivity contribution in [3.8, 4) is 0 Å². The maximum atomic E-state index is 12.4. The first-order chi connectivity index (χ1) is 10.7. The zero-order valence-electron chi connectivity index (χ0n) is 12.1. The van der Waals surface area contributed by atoms with Gasteiger partial charge in [0.25, 0.3) is 5.91 Å². The van der Waals surface area contributed by atoms with Gasteiger partial charge in [-0.1, -0.05) is 0 Å². The first-order valence-electron chi connectivity index (χ1n) is 7.52. The van der Waals surface area contributed by atoms with E-state index in [0.717, 1.165) is 43.5 Å². The number of nitrogens with zero attached hydrogens (tertiary/aromatic N) is 3. The second-order valence-electron chi connectivity index (χ2n) is 5.79. The van der Waals surface area contributed by atoms with Gasteiger partial charge in [0, 0.05) is 31.7 Å². The van der Waals surface area contributed by atoms with Crippen LogP contribution in [0.2, 0.25) is 0 Å². The number of hydrogen-bond donors (Lipinski definition) is 1. The molecule has 116 valence electrons. The molecule has 1 saturated heterocycles. The fraction of sp³-hybridized carbons (Fsp3) is 0.467. The van der Waals surface area contributed by atoms with E-state index in [4.69, 9.17) is 4.42 Å². The summed E-state index contributed by atoms with van der Waals surface area (Å²) in [5.74, 6) is 0.352. The third-order valence-corrected chi connectivity index (χ3v) is 5.13. The van der Waals surface area contributed by atoms with Gasteiger partial charge < -0.3 is 14.6 Å². The number of nitrogens with one attached hydrogen (secondary N) is 1. The van der Waals surface area contributed by atoms with Crippen LogP contribution < -0.4 is 5.32 Å². The molecule has 0 radical (unpaired) electrons. The van der Waals surface area contributed by atoms with Gasteiger partial charge >= 0.3 is 0 Å². The predicted molar refractivity (Wildman–Crippen MR) is 83.4 cm³/mol. The molecule has 1 N–H and O–H groups in total. The minimum atomic E-state index is -0.0392. The molecule has 7 heteroatoms. The number of carbonyl (C=O) groups is 1. The van der Waals surface area contributed by atoms with Crippen LogP contribution in [-0.2, 0) is 13.1 Å². The van der Waals surface area contributed by atoms with Gasteiger partial charge in [-0.05, 0) is 34.8 Å². The van der Waals surface area contributed by atoms with Gasteiger partial charge in [0.2, 0.25) is 5.76 Å². The predicted octanol–water partition coefficient (Wildman–Crippen LogP) is 2.32. The number of aromatic nitrogens is 2. The summed E-state index contributed by atoms with van der Waals surface area (Å²) in [7, 11) is 0.